The quantitative estimate of drug-likeness (QED) is 0.791. The lowest BCUT2D eigenvalue weighted by atomic mass is 10.2. The van der Waals surface area contributed by atoms with Crippen molar-refractivity contribution in [2.24, 2.45) is 5.92 Å². The van der Waals surface area contributed by atoms with Gasteiger partial charge in [0.15, 0.2) is 5.69 Å². The predicted octanol–water partition coefficient (Wildman–Crippen LogP) is 0.587. The Kier molecular flexibility index (Phi) is 4.86. The third kappa shape index (κ3) is 2.97. The summed E-state index contributed by atoms with van der Waals surface area (Å²) in [4.78, 5) is 10.7. The molecule has 0 aromatic carbocycles. The van der Waals surface area contributed by atoms with Gasteiger partial charge in [0.05, 0.1) is 17.7 Å². The van der Waals surface area contributed by atoms with Gasteiger partial charge in [-0.05, 0) is 13.8 Å². The van der Waals surface area contributed by atoms with Crippen LogP contribution in [0.15, 0.2) is 4.90 Å². The van der Waals surface area contributed by atoms with Gasteiger partial charge in [0.1, 0.15) is 4.90 Å². The van der Waals surface area contributed by atoms with Crippen molar-refractivity contribution < 1.29 is 18.3 Å². The van der Waals surface area contributed by atoms with Gasteiger partial charge in [-0.1, -0.05) is 6.92 Å². The highest BCUT2D eigenvalue weighted by atomic mass is 32.2. The Hall–Kier alpha value is -1.92. The summed E-state index contributed by atoms with van der Waals surface area (Å²) in [6, 6.07) is 1.95. The fraction of sp³-hybridized carbons (Fsp3) is 0.545. The summed E-state index contributed by atoms with van der Waals surface area (Å²) in [6.07, 6.45) is 0. The van der Waals surface area contributed by atoms with Crippen LogP contribution in [0.2, 0.25) is 0 Å². The van der Waals surface area contributed by atoms with Gasteiger partial charge >= 0.3 is 5.97 Å². The topological polar surface area (TPSA) is 127 Å². The van der Waals surface area contributed by atoms with E-state index in [-0.39, 0.29) is 23.7 Å². The number of H-pyrrole nitrogens is 1. The molecule has 1 rings (SSSR count). The van der Waals surface area contributed by atoms with E-state index >= 15 is 0 Å². The highest BCUT2D eigenvalue weighted by Gasteiger charge is 2.33. The van der Waals surface area contributed by atoms with Crippen LogP contribution in [0.1, 0.15) is 30.0 Å². The average Bonchev–Trinajstić information content (AvgIpc) is 2.78. The van der Waals surface area contributed by atoms with Crippen molar-refractivity contribution in [3.63, 3.8) is 0 Å². The Morgan fingerprint density at radius 3 is 2.65 bits per heavy atom. The third-order valence-electron chi connectivity index (χ3n) is 2.74. The number of carbonyl (C=O) groups is 1. The van der Waals surface area contributed by atoms with Crippen molar-refractivity contribution in [3.8, 4) is 6.07 Å². The SMILES string of the molecule is CCN(CC(C)C#N)S(=O)(=O)c1c(C(=O)O)n[nH]c1C. The molecule has 0 amide bonds. The second kappa shape index (κ2) is 6.02. The van der Waals surface area contributed by atoms with Crippen molar-refractivity contribution in [1.82, 2.24) is 14.5 Å². The third-order valence-corrected chi connectivity index (χ3v) is 4.84. The van der Waals surface area contributed by atoms with Gasteiger partial charge in [0.2, 0.25) is 10.0 Å². The number of aryl methyl sites for hydroxylation is 1. The zero-order valence-electron chi connectivity index (χ0n) is 11.4. The number of hydrogen-bond acceptors (Lipinski definition) is 5. The van der Waals surface area contributed by atoms with E-state index < -0.39 is 27.6 Å². The van der Waals surface area contributed by atoms with Crippen molar-refractivity contribution in [3.05, 3.63) is 11.4 Å². The number of rotatable bonds is 6. The molecule has 1 aromatic heterocycles. The van der Waals surface area contributed by atoms with Gasteiger partial charge in [-0.3, -0.25) is 5.10 Å². The van der Waals surface area contributed by atoms with Crippen LogP contribution in [0.5, 0.6) is 0 Å². The molecule has 1 unspecified atom stereocenters. The number of hydrogen-bond donors (Lipinski definition) is 2. The van der Waals surface area contributed by atoms with Crippen LogP contribution in [0.4, 0.5) is 0 Å². The van der Waals surface area contributed by atoms with Crippen LogP contribution in [-0.2, 0) is 10.0 Å². The molecule has 0 aliphatic rings. The van der Waals surface area contributed by atoms with E-state index in [0.717, 1.165) is 4.31 Å². The summed E-state index contributed by atoms with van der Waals surface area (Å²) in [6.45, 7) is 4.79. The van der Waals surface area contributed by atoms with E-state index in [9.17, 15) is 13.2 Å². The number of carboxylic acid groups (broad SMARTS) is 1. The summed E-state index contributed by atoms with van der Waals surface area (Å²) in [5.74, 6) is -1.91. The number of nitrogens with zero attached hydrogens (tertiary/aromatic N) is 3. The minimum atomic E-state index is -4.01. The molecule has 8 nitrogen and oxygen atoms in total. The van der Waals surface area contributed by atoms with Crippen molar-refractivity contribution >= 4 is 16.0 Å². The highest BCUT2D eigenvalue weighted by molar-refractivity contribution is 7.89. The molecule has 110 valence electrons. The van der Waals surface area contributed by atoms with E-state index in [1.54, 1.807) is 13.8 Å². The fourth-order valence-corrected chi connectivity index (χ4v) is 3.58. The Labute approximate surface area is 117 Å². The molecule has 0 saturated carbocycles. The van der Waals surface area contributed by atoms with Crippen molar-refractivity contribution in [1.29, 1.82) is 5.26 Å². The first kappa shape index (κ1) is 16.1. The van der Waals surface area contributed by atoms with Gasteiger partial charge in [-0.25, -0.2) is 13.2 Å². The molecule has 9 heteroatoms. The molecule has 0 aliphatic carbocycles. The molecule has 0 aliphatic heterocycles. The molecule has 1 aromatic rings. The minimum Gasteiger partial charge on any atom is -0.476 e. The maximum Gasteiger partial charge on any atom is 0.357 e. The zero-order chi connectivity index (χ0) is 15.5. The summed E-state index contributed by atoms with van der Waals surface area (Å²) in [5.41, 5.74) is -0.379. The van der Waals surface area contributed by atoms with E-state index in [4.69, 9.17) is 10.4 Å². The van der Waals surface area contributed by atoms with Crippen molar-refractivity contribution in [2.45, 2.75) is 25.7 Å². The largest absolute Gasteiger partial charge is 0.476 e. The average molecular weight is 300 g/mol. The van der Waals surface area contributed by atoms with Crippen molar-refractivity contribution in [2.75, 3.05) is 13.1 Å². The lowest BCUT2D eigenvalue weighted by Gasteiger charge is -2.21. The van der Waals surface area contributed by atoms with Crippen LogP contribution in [0.25, 0.3) is 0 Å². The second-order valence-electron chi connectivity index (χ2n) is 4.32. The van der Waals surface area contributed by atoms with E-state index in [1.165, 1.54) is 6.92 Å². The van der Waals surface area contributed by atoms with Crippen LogP contribution in [0, 0.1) is 24.2 Å². The molecule has 0 saturated heterocycles. The molecular formula is C11H16N4O4S. The number of nitrogens with one attached hydrogen (secondary N) is 1. The molecule has 0 radical (unpaired) electrons. The van der Waals surface area contributed by atoms with Gasteiger partial charge in [0, 0.05) is 13.1 Å². The lowest BCUT2D eigenvalue weighted by molar-refractivity contribution is 0.0686. The monoisotopic (exact) mass is 300 g/mol. The number of aromatic amines is 1. The minimum absolute atomic E-state index is 0.000980. The first-order valence-corrected chi connectivity index (χ1v) is 7.37. The molecule has 2 N–H and O–H groups in total. The standard InChI is InChI=1S/C11H16N4O4S/c1-4-15(6-7(2)5-12)20(18,19)10-8(3)13-14-9(10)11(16)17/h7H,4,6H2,1-3H3,(H,13,14)(H,16,17). The maximum atomic E-state index is 12.5. The Balaban J connectivity index is 3.32. The van der Waals surface area contributed by atoms with E-state index in [1.807, 2.05) is 6.07 Å². The Bertz CT molecular complexity index is 644. The second-order valence-corrected chi connectivity index (χ2v) is 6.19. The van der Waals surface area contributed by atoms with Gasteiger partial charge in [-0.2, -0.15) is 14.7 Å². The number of sulfonamides is 1. The molecule has 1 heterocycles. The molecular weight excluding hydrogens is 284 g/mol. The van der Waals surface area contributed by atoms with Gasteiger partial charge < -0.3 is 5.11 Å². The normalized spacial score (nSPS) is 13.2. The van der Waals surface area contributed by atoms with E-state index in [2.05, 4.69) is 10.2 Å². The maximum absolute atomic E-state index is 12.5. The Morgan fingerprint density at radius 2 is 2.20 bits per heavy atom. The number of nitriles is 1. The van der Waals surface area contributed by atoms with Crippen LogP contribution < -0.4 is 0 Å². The molecule has 0 spiro atoms. The summed E-state index contributed by atoms with van der Waals surface area (Å²) in [7, 11) is -4.01. The first-order chi connectivity index (χ1) is 9.25. The zero-order valence-corrected chi connectivity index (χ0v) is 12.2. The van der Waals surface area contributed by atoms with Crippen LogP contribution >= 0.6 is 0 Å². The van der Waals surface area contributed by atoms with Crippen LogP contribution in [0.3, 0.4) is 0 Å². The molecule has 1 atom stereocenters. The molecule has 0 bridgehead atoms. The summed E-state index contributed by atoms with van der Waals surface area (Å²) in [5, 5.41) is 23.7. The summed E-state index contributed by atoms with van der Waals surface area (Å²) >= 11 is 0. The predicted molar refractivity (Wildman–Crippen MR) is 69.5 cm³/mol. The van der Waals surface area contributed by atoms with Gasteiger partial charge in [-0.15, -0.1) is 0 Å². The number of aromatic nitrogens is 2. The fourth-order valence-electron chi connectivity index (χ4n) is 1.75. The van der Waals surface area contributed by atoms with Gasteiger partial charge in [0.25, 0.3) is 0 Å². The lowest BCUT2D eigenvalue weighted by Crippen LogP contribution is -2.35. The number of carboxylic acids is 1. The molecule has 20 heavy (non-hydrogen) atoms. The Morgan fingerprint density at radius 1 is 1.60 bits per heavy atom. The highest BCUT2D eigenvalue weighted by Crippen LogP contribution is 2.22. The molecule has 0 fully saturated rings. The smallest absolute Gasteiger partial charge is 0.357 e. The van der Waals surface area contributed by atoms with E-state index in [0.29, 0.717) is 0 Å². The number of aromatic carboxylic acids is 1. The van der Waals surface area contributed by atoms with Crippen LogP contribution in [-0.4, -0.2) is 47.1 Å². The first-order valence-electron chi connectivity index (χ1n) is 5.93. The summed E-state index contributed by atoms with van der Waals surface area (Å²) < 4.78 is 26.1.